The first-order chi connectivity index (χ1) is 8.65. The summed E-state index contributed by atoms with van der Waals surface area (Å²) in [6.07, 6.45) is 0. The average molecular weight is 261 g/mol. The number of halogens is 1. The lowest BCUT2D eigenvalue weighted by molar-refractivity contribution is 0.306. The number of benzene rings is 2. The van der Waals surface area contributed by atoms with Crippen LogP contribution in [0.15, 0.2) is 48.5 Å². The minimum absolute atomic E-state index is 0.566. The van der Waals surface area contributed by atoms with Gasteiger partial charge in [0, 0.05) is 5.02 Å². The van der Waals surface area contributed by atoms with E-state index in [0.717, 1.165) is 10.8 Å². The predicted molar refractivity (Wildman–Crippen MR) is 76.3 cm³/mol. The van der Waals surface area contributed by atoms with Gasteiger partial charge in [-0.3, -0.25) is 0 Å². The molecule has 2 aromatic rings. The van der Waals surface area contributed by atoms with E-state index in [2.05, 4.69) is 38.1 Å². The fourth-order valence-electron chi connectivity index (χ4n) is 1.70. The molecule has 94 valence electrons. The Morgan fingerprint density at radius 1 is 0.944 bits per heavy atom. The van der Waals surface area contributed by atoms with E-state index in [0.29, 0.717) is 12.5 Å². The maximum Gasteiger partial charge on any atom is 0.119 e. The molecule has 0 atom stereocenters. The monoisotopic (exact) mass is 260 g/mol. The molecular formula is C16H17ClO. The zero-order valence-electron chi connectivity index (χ0n) is 10.7. The Morgan fingerprint density at radius 3 is 2.11 bits per heavy atom. The summed E-state index contributed by atoms with van der Waals surface area (Å²) in [4.78, 5) is 0. The van der Waals surface area contributed by atoms with Crippen LogP contribution in [-0.2, 0) is 6.61 Å². The zero-order valence-corrected chi connectivity index (χ0v) is 11.4. The van der Waals surface area contributed by atoms with Crippen LogP contribution in [0.4, 0.5) is 0 Å². The van der Waals surface area contributed by atoms with Gasteiger partial charge in [0.2, 0.25) is 0 Å². The predicted octanol–water partition coefficient (Wildman–Crippen LogP) is 5.04. The standard InChI is InChI=1S/C16H17ClO/c1-12(2)14-5-3-13(4-6-14)11-18-16-9-7-15(17)8-10-16/h3-10,12H,11H2,1-2H3. The Hall–Kier alpha value is -1.47. The van der Waals surface area contributed by atoms with Crippen LogP contribution < -0.4 is 4.74 Å². The summed E-state index contributed by atoms with van der Waals surface area (Å²) in [5.74, 6) is 1.41. The molecule has 0 saturated heterocycles. The molecule has 0 aliphatic rings. The Morgan fingerprint density at radius 2 is 1.56 bits per heavy atom. The molecule has 0 bridgehead atoms. The average Bonchev–Trinajstić information content (AvgIpc) is 2.38. The van der Waals surface area contributed by atoms with Gasteiger partial charge in [0.05, 0.1) is 0 Å². The van der Waals surface area contributed by atoms with Crippen LogP contribution in [0.2, 0.25) is 5.02 Å². The van der Waals surface area contributed by atoms with E-state index in [1.54, 1.807) is 0 Å². The number of hydrogen-bond acceptors (Lipinski definition) is 1. The fourth-order valence-corrected chi connectivity index (χ4v) is 1.82. The van der Waals surface area contributed by atoms with E-state index in [4.69, 9.17) is 16.3 Å². The van der Waals surface area contributed by atoms with Crippen molar-refractivity contribution < 1.29 is 4.74 Å². The molecule has 0 unspecified atom stereocenters. The van der Waals surface area contributed by atoms with Gasteiger partial charge in [-0.2, -0.15) is 0 Å². The van der Waals surface area contributed by atoms with E-state index in [9.17, 15) is 0 Å². The summed E-state index contributed by atoms with van der Waals surface area (Å²) in [6, 6.07) is 16.0. The van der Waals surface area contributed by atoms with Crippen molar-refractivity contribution in [1.82, 2.24) is 0 Å². The number of ether oxygens (including phenoxy) is 1. The van der Waals surface area contributed by atoms with Crippen molar-refractivity contribution in [3.63, 3.8) is 0 Å². The molecule has 0 fully saturated rings. The SMILES string of the molecule is CC(C)c1ccc(COc2ccc(Cl)cc2)cc1. The summed E-state index contributed by atoms with van der Waals surface area (Å²) in [5.41, 5.74) is 2.53. The van der Waals surface area contributed by atoms with Crippen LogP contribution >= 0.6 is 11.6 Å². The number of hydrogen-bond donors (Lipinski definition) is 0. The fraction of sp³-hybridized carbons (Fsp3) is 0.250. The van der Waals surface area contributed by atoms with Gasteiger partial charge in [-0.1, -0.05) is 49.7 Å². The first-order valence-electron chi connectivity index (χ1n) is 6.12. The maximum atomic E-state index is 5.82. The topological polar surface area (TPSA) is 9.23 Å². The Labute approximate surface area is 113 Å². The molecule has 1 nitrogen and oxygen atoms in total. The van der Waals surface area contributed by atoms with Crippen molar-refractivity contribution in [2.75, 3.05) is 0 Å². The summed E-state index contributed by atoms with van der Waals surface area (Å²) in [5, 5.41) is 0.726. The molecule has 0 aliphatic carbocycles. The lowest BCUT2D eigenvalue weighted by Crippen LogP contribution is -1.96. The molecule has 0 heterocycles. The van der Waals surface area contributed by atoms with Crippen LogP contribution in [0.3, 0.4) is 0 Å². The van der Waals surface area contributed by atoms with Gasteiger partial charge in [-0.25, -0.2) is 0 Å². The van der Waals surface area contributed by atoms with E-state index in [-0.39, 0.29) is 0 Å². The van der Waals surface area contributed by atoms with Gasteiger partial charge in [0.15, 0.2) is 0 Å². The van der Waals surface area contributed by atoms with Crippen LogP contribution in [0.1, 0.15) is 30.9 Å². The van der Waals surface area contributed by atoms with Crippen LogP contribution in [0.5, 0.6) is 5.75 Å². The van der Waals surface area contributed by atoms with Gasteiger partial charge >= 0.3 is 0 Å². The lowest BCUT2D eigenvalue weighted by atomic mass is 10.0. The van der Waals surface area contributed by atoms with Gasteiger partial charge in [-0.05, 0) is 41.3 Å². The van der Waals surface area contributed by atoms with Crippen molar-refractivity contribution in [1.29, 1.82) is 0 Å². The smallest absolute Gasteiger partial charge is 0.119 e. The minimum Gasteiger partial charge on any atom is -0.489 e. The van der Waals surface area contributed by atoms with Crippen LogP contribution in [-0.4, -0.2) is 0 Å². The quantitative estimate of drug-likeness (QED) is 0.748. The van der Waals surface area contributed by atoms with Crippen molar-refractivity contribution in [2.45, 2.75) is 26.4 Å². The maximum absolute atomic E-state index is 5.82. The molecule has 0 radical (unpaired) electrons. The van der Waals surface area contributed by atoms with Gasteiger partial charge < -0.3 is 4.74 Å². The zero-order chi connectivity index (χ0) is 13.0. The molecular weight excluding hydrogens is 244 g/mol. The second-order valence-corrected chi connectivity index (χ2v) is 5.08. The first kappa shape index (κ1) is 13.0. The summed E-state index contributed by atoms with van der Waals surface area (Å²) in [7, 11) is 0. The molecule has 0 saturated carbocycles. The van der Waals surface area contributed by atoms with Crippen LogP contribution in [0, 0.1) is 0 Å². The molecule has 0 aromatic heterocycles. The van der Waals surface area contributed by atoms with Crippen molar-refractivity contribution in [3.8, 4) is 5.75 Å². The summed E-state index contributed by atoms with van der Waals surface area (Å²) in [6.45, 7) is 4.97. The van der Waals surface area contributed by atoms with Gasteiger partial charge in [0.25, 0.3) is 0 Å². The molecule has 2 rings (SSSR count). The van der Waals surface area contributed by atoms with Crippen LogP contribution in [0.25, 0.3) is 0 Å². The second-order valence-electron chi connectivity index (χ2n) is 4.64. The Balaban J connectivity index is 1.95. The number of rotatable bonds is 4. The molecule has 2 aromatic carbocycles. The van der Waals surface area contributed by atoms with Crippen molar-refractivity contribution >= 4 is 11.6 Å². The van der Waals surface area contributed by atoms with E-state index >= 15 is 0 Å². The molecule has 0 spiro atoms. The highest BCUT2D eigenvalue weighted by atomic mass is 35.5. The molecule has 0 aliphatic heterocycles. The van der Waals surface area contributed by atoms with Gasteiger partial charge in [-0.15, -0.1) is 0 Å². The third kappa shape index (κ3) is 3.51. The third-order valence-electron chi connectivity index (χ3n) is 2.87. The normalized spacial score (nSPS) is 10.7. The highest BCUT2D eigenvalue weighted by Crippen LogP contribution is 2.18. The van der Waals surface area contributed by atoms with Crippen molar-refractivity contribution in [2.24, 2.45) is 0 Å². The largest absolute Gasteiger partial charge is 0.489 e. The highest BCUT2D eigenvalue weighted by molar-refractivity contribution is 6.30. The summed E-state index contributed by atoms with van der Waals surface area (Å²) >= 11 is 5.82. The Kier molecular flexibility index (Phi) is 4.27. The van der Waals surface area contributed by atoms with E-state index in [1.165, 1.54) is 11.1 Å². The molecule has 0 N–H and O–H groups in total. The highest BCUT2D eigenvalue weighted by Gasteiger charge is 2.00. The van der Waals surface area contributed by atoms with Gasteiger partial charge in [0.1, 0.15) is 12.4 Å². The second kappa shape index (κ2) is 5.92. The third-order valence-corrected chi connectivity index (χ3v) is 3.12. The minimum atomic E-state index is 0.566. The molecule has 2 heteroatoms. The molecule has 18 heavy (non-hydrogen) atoms. The van der Waals surface area contributed by atoms with E-state index in [1.807, 2.05) is 24.3 Å². The Bertz CT molecular complexity index is 486. The van der Waals surface area contributed by atoms with E-state index < -0.39 is 0 Å². The lowest BCUT2D eigenvalue weighted by Gasteiger charge is -2.08. The first-order valence-corrected chi connectivity index (χ1v) is 6.50. The van der Waals surface area contributed by atoms with Crippen molar-refractivity contribution in [3.05, 3.63) is 64.7 Å². The molecule has 0 amide bonds. The summed E-state index contributed by atoms with van der Waals surface area (Å²) < 4.78 is 5.69.